The first-order valence-electron chi connectivity index (χ1n) is 8.35. The quantitative estimate of drug-likeness (QED) is 0.789. The molecule has 0 radical (unpaired) electrons. The summed E-state index contributed by atoms with van der Waals surface area (Å²) in [5, 5.41) is 7.55. The molecule has 0 atom stereocenters. The van der Waals surface area contributed by atoms with Crippen LogP contribution in [0.1, 0.15) is 37.9 Å². The van der Waals surface area contributed by atoms with Crippen molar-refractivity contribution in [1.29, 1.82) is 0 Å². The van der Waals surface area contributed by atoms with Crippen LogP contribution in [0.3, 0.4) is 0 Å². The monoisotopic (exact) mass is 336 g/mol. The van der Waals surface area contributed by atoms with Crippen molar-refractivity contribution in [3.05, 3.63) is 53.7 Å². The molecular formula is C19H24N6. The van der Waals surface area contributed by atoms with E-state index in [0.29, 0.717) is 12.4 Å². The second-order valence-corrected chi connectivity index (χ2v) is 7.32. The van der Waals surface area contributed by atoms with Crippen LogP contribution in [0.25, 0.3) is 11.4 Å². The molecule has 0 spiro atoms. The molecule has 6 heteroatoms. The van der Waals surface area contributed by atoms with Crippen molar-refractivity contribution >= 4 is 5.82 Å². The summed E-state index contributed by atoms with van der Waals surface area (Å²) in [6, 6.07) is 7.96. The van der Waals surface area contributed by atoms with Crippen LogP contribution in [-0.4, -0.2) is 32.2 Å². The molecule has 0 aliphatic heterocycles. The Bertz CT molecular complexity index is 848. The Balaban J connectivity index is 1.84. The van der Waals surface area contributed by atoms with Crippen molar-refractivity contribution in [2.75, 3.05) is 11.9 Å². The molecule has 0 saturated heterocycles. The van der Waals surface area contributed by atoms with Crippen LogP contribution in [0.15, 0.2) is 36.7 Å². The lowest BCUT2D eigenvalue weighted by atomic mass is 9.92. The van der Waals surface area contributed by atoms with E-state index in [1.807, 2.05) is 32.2 Å². The van der Waals surface area contributed by atoms with Crippen molar-refractivity contribution < 1.29 is 0 Å². The molecule has 3 aromatic rings. The molecule has 0 bridgehead atoms. The van der Waals surface area contributed by atoms with Crippen LogP contribution >= 0.6 is 0 Å². The molecular weight excluding hydrogens is 312 g/mol. The van der Waals surface area contributed by atoms with Gasteiger partial charge in [0.2, 0.25) is 0 Å². The van der Waals surface area contributed by atoms with Gasteiger partial charge in [-0.2, -0.15) is 5.10 Å². The van der Waals surface area contributed by atoms with Crippen molar-refractivity contribution in [3.8, 4) is 11.4 Å². The normalized spacial score (nSPS) is 11.6. The van der Waals surface area contributed by atoms with Crippen molar-refractivity contribution in [3.63, 3.8) is 0 Å². The summed E-state index contributed by atoms with van der Waals surface area (Å²) < 4.78 is 0. The van der Waals surface area contributed by atoms with E-state index in [1.54, 1.807) is 12.4 Å². The summed E-state index contributed by atoms with van der Waals surface area (Å²) in [7, 11) is 2.02. The lowest BCUT2D eigenvalue weighted by Gasteiger charge is -2.18. The minimum Gasteiger partial charge on any atom is -0.354 e. The number of anilines is 1. The Morgan fingerprint density at radius 2 is 1.96 bits per heavy atom. The lowest BCUT2D eigenvalue weighted by Crippen LogP contribution is -2.18. The Morgan fingerprint density at radius 3 is 2.60 bits per heavy atom. The zero-order valence-electron chi connectivity index (χ0n) is 15.4. The molecule has 130 valence electrons. The number of H-pyrrole nitrogens is 1. The maximum atomic E-state index is 4.70. The predicted molar refractivity (Wildman–Crippen MR) is 99.4 cm³/mol. The zero-order chi connectivity index (χ0) is 18.0. The summed E-state index contributed by atoms with van der Waals surface area (Å²) in [4.78, 5) is 15.5. The fourth-order valence-electron chi connectivity index (χ4n) is 2.53. The number of hydrogen-bond acceptors (Lipinski definition) is 5. The first-order chi connectivity index (χ1) is 11.8. The summed E-state index contributed by atoms with van der Waals surface area (Å²) in [5.74, 6) is 1.56. The number of aromatic amines is 1. The topological polar surface area (TPSA) is 70.6 Å². The van der Waals surface area contributed by atoms with Crippen LogP contribution in [-0.2, 0) is 12.0 Å². The number of rotatable bonds is 4. The van der Waals surface area contributed by atoms with E-state index >= 15 is 0 Å². The number of pyridine rings is 1. The summed E-state index contributed by atoms with van der Waals surface area (Å²) >= 11 is 0. The predicted octanol–water partition coefficient (Wildman–Crippen LogP) is 3.50. The van der Waals surface area contributed by atoms with Gasteiger partial charge >= 0.3 is 0 Å². The SMILES string of the molecule is Cc1cc(N(C)Cc2cc(C(C)(C)C)n[nH]2)nc(-c2cccnc2)n1. The molecule has 0 aromatic carbocycles. The van der Waals surface area contributed by atoms with Gasteiger partial charge < -0.3 is 4.90 Å². The van der Waals surface area contributed by atoms with E-state index in [9.17, 15) is 0 Å². The molecule has 0 aliphatic rings. The molecule has 0 unspecified atom stereocenters. The molecule has 25 heavy (non-hydrogen) atoms. The number of aromatic nitrogens is 5. The highest BCUT2D eigenvalue weighted by atomic mass is 15.2. The van der Waals surface area contributed by atoms with E-state index in [2.05, 4.69) is 51.9 Å². The van der Waals surface area contributed by atoms with Crippen LogP contribution in [0.2, 0.25) is 0 Å². The van der Waals surface area contributed by atoms with E-state index in [-0.39, 0.29) is 5.41 Å². The third kappa shape index (κ3) is 4.02. The average Bonchev–Trinajstić information content (AvgIpc) is 3.04. The number of aryl methyl sites for hydroxylation is 1. The fraction of sp³-hybridized carbons (Fsp3) is 0.368. The zero-order valence-corrected chi connectivity index (χ0v) is 15.4. The Labute approximate surface area is 148 Å². The summed E-state index contributed by atoms with van der Waals surface area (Å²) in [6.45, 7) is 9.15. The van der Waals surface area contributed by atoms with Gasteiger partial charge in [0.25, 0.3) is 0 Å². The highest BCUT2D eigenvalue weighted by Crippen LogP contribution is 2.22. The molecule has 3 rings (SSSR count). The maximum Gasteiger partial charge on any atom is 0.163 e. The fourth-order valence-corrected chi connectivity index (χ4v) is 2.53. The van der Waals surface area contributed by atoms with Gasteiger partial charge in [0.05, 0.1) is 17.9 Å². The van der Waals surface area contributed by atoms with Crippen LogP contribution < -0.4 is 4.90 Å². The van der Waals surface area contributed by atoms with Gasteiger partial charge in [-0.1, -0.05) is 20.8 Å². The minimum atomic E-state index is 0.0340. The Hall–Kier alpha value is -2.76. The Kier molecular flexibility index (Phi) is 4.53. The maximum absolute atomic E-state index is 4.70. The van der Waals surface area contributed by atoms with Gasteiger partial charge in [0, 0.05) is 42.2 Å². The summed E-state index contributed by atoms with van der Waals surface area (Å²) in [6.07, 6.45) is 3.53. The average molecular weight is 336 g/mol. The molecule has 0 saturated carbocycles. The highest BCUT2D eigenvalue weighted by Gasteiger charge is 2.18. The molecule has 3 aromatic heterocycles. The molecule has 1 N–H and O–H groups in total. The van der Waals surface area contributed by atoms with Gasteiger partial charge in [0.15, 0.2) is 5.82 Å². The van der Waals surface area contributed by atoms with E-state index < -0.39 is 0 Å². The first-order valence-corrected chi connectivity index (χ1v) is 8.35. The standard InChI is InChI=1S/C19H24N6/c1-13-9-17(22-18(21-13)14-7-6-8-20-11-14)25(5)12-15-10-16(24-23-15)19(2,3)4/h6-11H,12H2,1-5H3,(H,23,24). The van der Waals surface area contributed by atoms with Gasteiger partial charge in [-0.05, 0) is 25.1 Å². The van der Waals surface area contributed by atoms with E-state index in [4.69, 9.17) is 4.98 Å². The van der Waals surface area contributed by atoms with Crippen LogP contribution in [0.5, 0.6) is 0 Å². The highest BCUT2D eigenvalue weighted by molar-refractivity contribution is 5.56. The summed E-state index contributed by atoms with van der Waals surface area (Å²) in [5.41, 5.74) is 4.00. The largest absolute Gasteiger partial charge is 0.354 e. The molecule has 0 aliphatic carbocycles. The third-order valence-corrected chi connectivity index (χ3v) is 3.96. The van der Waals surface area contributed by atoms with Gasteiger partial charge in [-0.15, -0.1) is 0 Å². The van der Waals surface area contributed by atoms with Crippen molar-refractivity contribution in [1.82, 2.24) is 25.1 Å². The van der Waals surface area contributed by atoms with E-state index in [0.717, 1.165) is 28.5 Å². The number of nitrogens with one attached hydrogen (secondary N) is 1. The molecule has 0 amide bonds. The smallest absolute Gasteiger partial charge is 0.163 e. The lowest BCUT2D eigenvalue weighted by molar-refractivity contribution is 0.567. The minimum absolute atomic E-state index is 0.0340. The molecule has 6 nitrogen and oxygen atoms in total. The van der Waals surface area contributed by atoms with Crippen molar-refractivity contribution in [2.24, 2.45) is 0 Å². The number of hydrogen-bond donors (Lipinski definition) is 1. The van der Waals surface area contributed by atoms with Crippen LogP contribution in [0, 0.1) is 6.92 Å². The second-order valence-electron chi connectivity index (χ2n) is 7.32. The molecule has 3 heterocycles. The molecule has 0 fully saturated rings. The van der Waals surface area contributed by atoms with Gasteiger partial charge in [-0.3, -0.25) is 10.1 Å². The van der Waals surface area contributed by atoms with Crippen LogP contribution in [0.4, 0.5) is 5.82 Å². The van der Waals surface area contributed by atoms with Gasteiger partial charge in [-0.25, -0.2) is 9.97 Å². The second kappa shape index (κ2) is 6.63. The van der Waals surface area contributed by atoms with Gasteiger partial charge in [0.1, 0.15) is 5.82 Å². The third-order valence-electron chi connectivity index (χ3n) is 3.96. The van der Waals surface area contributed by atoms with E-state index in [1.165, 1.54) is 0 Å². The van der Waals surface area contributed by atoms with Crippen molar-refractivity contribution in [2.45, 2.75) is 39.7 Å². The number of nitrogens with zero attached hydrogens (tertiary/aromatic N) is 5. The Morgan fingerprint density at radius 1 is 1.16 bits per heavy atom. The first kappa shape index (κ1) is 17.1.